The van der Waals surface area contributed by atoms with Crippen molar-refractivity contribution in [1.29, 1.82) is 5.26 Å². The van der Waals surface area contributed by atoms with Gasteiger partial charge in [0.15, 0.2) is 0 Å². The molecule has 0 unspecified atom stereocenters. The fourth-order valence-corrected chi connectivity index (χ4v) is 1.63. The number of amides is 1. The summed E-state index contributed by atoms with van der Waals surface area (Å²) in [6, 6.07) is 11.5. The molecule has 0 saturated carbocycles. The molecule has 0 saturated heterocycles. The monoisotopic (exact) mass is 272 g/mol. The molecule has 2 rings (SSSR count). The molecule has 0 radical (unpaired) electrons. The number of hydrogen-bond acceptors (Lipinski definition) is 4. The number of nitriles is 1. The number of carbonyl (C=O) groups is 1. The summed E-state index contributed by atoms with van der Waals surface area (Å²) in [4.78, 5) is 15.8. The van der Waals surface area contributed by atoms with Crippen molar-refractivity contribution >= 4 is 29.0 Å². The van der Waals surface area contributed by atoms with Gasteiger partial charge in [0.2, 0.25) is 0 Å². The lowest BCUT2D eigenvalue weighted by molar-refractivity contribution is 0.102. The standard InChI is InChI=1S/C13H9ClN4O/c14-10-5-6-11(16)18-12(10)13(19)17-9-3-1-8(7-15)2-4-9/h1-6H,(H2,16,18)(H,17,19). The van der Waals surface area contributed by atoms with Gasteiger partial charge in [-0.15, -0.1) is 0 Å². The Morgan fingerprint density at radius 3 is 2.58 bits per heavy atom. The van der Waals surface area contributed by atoms with E-state index in [4.69, 9.17) is 22.6 Å². The third kappa shape index (κ3) is 3.00. The normalized spacial score (nSPS) is 9.68. The predicted octanol–water partition coefficient (Wildman–Crippen LogP) is 2.44. The number of nitrogens with zero attached hydrogens (tertiary/aromatic N) is 2. The highest BCUT2D eigenvalue weighted by Gasteiger charge is 2.12. The number of hydrogen-bond donors (Lipinski definition) is 2. The van der Waals surface area contributed by atoms with Gasteiger partial charge in [0.1, 0.15) is 11.5 Å². The average Bonchev–Trinajstić information content (AvgIpc) is 2.42. The van der Waals surface area contributed by atoms with Crippen molar-refractivity contribution in [3.8, 4) is 6.07 Å². The van der Waals surface area contributed by atoms with E-state index >= 15 is 0 Å². The van der Waals surface area contributed by atoms with Gasteiger partial charge in [-0.2, -0.15) is 5.26 Å². The van der Waals surface area contributed by atoms with Gasteiger partial charge in [-0.1, -0.05) is 11.6 Å². The number of carbonyl (C=O) groups excluding carboxylic acids is 1. The van der Waals surface area contributed by atoms with Crippen LogP contribution in [0.3, 0.4) is 0 Å². The van der Waals surface area contributed by atoms with Crippen LogP contribution in [0.5, 0.6) is 0 Å². The van der Waals surface area contributed by atoms with E-state index in [1.54, 1.807) is 24.3 Å². The van der Waals surface area contributed by atoms with Crippen molar-refractivity contribution < 1.29 is 4.79 Å². The molecule has 19 heavy (non-hydrogen) atoms. The van der Waals surface area contributed by atoms with Gasteiger partial charge in [-0.3, -0.25) is 4.79 Å². The zero-order valence-corrected chi connectivity index (χ0v) is 10.5. The Hall–Kier alpha value is -2.58. The largest absolute Gasteiger partial charge is 0.384 e. The van der Waals surface area contributed by atoms with Crippen LogP contribution in [0.4, 0.5) is 11.5 Å². The summed E-state index contributed by atoms with van der Waals surface area (Å²) in [7, 11) is 0. The molecule has 1 aromatic carbocycles. The first-order chi connectivity index (χ1) is 9.10. The molecular weight excluding hydrogens is 264 g/mol. The van der Waals surface area contributed by atoms with E-state index in [2.05, 4.69) is 10.3 Å². The predicted molar refractivity (Wildman–Crippen MR) is 72.8 cm³/mol. The first-order valence-electron chi connectivity index (χ1n) is 5.33. The fraction of sp³-hybridized carbons (Fsp3) is 0. The number of aromatic nitrogens is 1. The lowest BCUT2D eigenvalue weighted by Gasteiger charge is -2.06. The molecule has 3 N–H and O–H groups in total. The van der Waals surface area contributed by atoms with Crippen LogP contribution in [-0.4, -0.2) is 10.9 Å². The average molecular weight is 273 g/mol. The van der Waals surface area contributed by atoms with Crippen molar-refractivity contribution in [1.82, 2.24) is 4.98 Å². The van der Waals surface area contributed by atoms with E-state index in [1.165, 1.54) is 12.1 Å². The fourth-order valence-electron chi connectivity index (χ4n) is 1.43. The van der Waals surface area contributed by atoms with Crippen LogP contribution >= 0.6 is 11.6 Å². The van der Waals surface area contributed by atoms with Crippen molar-refractivity contribution in [3.05, 3.63) is 52.7 Å². The maximum Gasteiger partial charge on any atom is 0.275 e. The topological polar surface area (TPSA) is 91.8 Å². The molecule has 0 aliphatic heterocycles. The summed E-state index contributed by atoms with van der Waals surface area (Å²) in [5.74, 6) is -0.239. The highest BCUT2D eigenvalue weighted by molar-refractivity contribution is 6.34. The zero-order valence-electron chi connectivity index (χ0n) is 9.72. The SMILES string of the molecule is N#Cc1ccc(NC(=O)c2nc(N)ccc2Cl)cc1. The van der Waals surface area contributed by atoms with E-state index in [9.17, 15) is 4.79 Å². The van der Waals surface area contributed by atoms with Crippen LogP contribution in [0.15, 0.2) is 36.4 Å². The van der Waals surface area contributed by atoms with E-state index < -0.39 is 5.91 Å². The number of anilines is 2. The van der Waals surface area contributed by atoms with Crippen molar-refractivity contribution in [2.24, 2.45) is 0 Å². The van der Waals surface area contributed by atoms with Crippen molar-refractivity contribution in [3.63, 3.8) is 0 Å². The lowest BCUT2D eigenvalue weighted by atomic mass is 10.2. The minimum absolute atomic E-state index is 0.0611. The quantitative estimate of drug-likeness (QED) is 0.878. The van der Waals surface area contributed by atoms with Crippen molar-refractivity contribution in [2.45, 2.75) is 0 Å². The van der Waals surface area contributed by atoms with Crippen LogP contribution in [0.1, 0.15) is 16.1 Å². The maximum absolute atomic E-state index is 12.0. The molecule has 2 aromatic rings. The second-order valence-corrected chi connectivity index (χ2v) is 4.12. The lowest BCUT2D eigenvalue weighted by Crippen LogP contribution is -2.15. The smallest absolute Gasteiger partial charge is 0.275 e. The molecule has 94 valence electrons. The van der Waals surface area contributed by atoms with Gasteiger partial charge in [0, 0.05) is 5.69 Å². The second-order valence-electron chi connectivity index (χ2n) is 3.71. The number of nitrogens with two attached hydrogens (primary N) is 1. The summed E-state index contributed by atoms with van der Waals surface area (Å²) < 4.78 is 0. The molecule has 5 nitrogen and oxygen atoms in total. The Balaban J connectivity index is 2.21. The molecule has 6 heteroatoms. The van der Waals surface area contributed by atoms with Gasteiger partial charge >= 0.3 is 0 Å². The Kier molecular flexibility index (Phi) is 3.64. The van der Waals surface area contributed by atoms with Crippen LogP contribution in [0.2, 0.25) is 5.02 Å². The molecule has 1 heterocycles. The number of nitrogens with one attached hydrogen (secondary N) is 1. The van der Waals surface area contributed by atoms with Crippen LogP contribution in [0.25, 0.3) is 0 Å². The Morgan fingerprint density at radius 2 is 1.95 bits per heavy atom. The highest BCUT2D eigenvalue weighted by atomic mass is 35.5. The summed E-state index contributed by atoms with van der Waals surface area (Å²) in [6.45, 7) is 0. The van der Waals surface area contributed by atoms with E-state index in [1.807, 2.05) is 6.07 Å². The molecular formula is C13H9ClN4O. The summed E-state index contributed by atoms with van der Waals surface area (Å²) >= 11 is 5.88. The molecule has 0 aliphatic carbocycles. The van der Waals surface area contributed by atoms with E-state index in [0.717, 1.165) is 0 Å². The molecule has 0 aliphatic rings. The number of halogens is 1. The number of benzene rings is 1. The van der Waals surface area contributed by atoms with Gasteiger partial charge in [0.05, 0.1) is 16.7 Å². The van der Waals surface area contributed by atoms with Gasteiger partial charge in [-0.05, 0) is 36.4 Å². The summed E-state index contributed by atoms with van der Waals surface area (Å²) in [5.41, 5.74) is 6.63. The van der Waals surface area contributed by atoms with Gasteiger partial charge in [0.25, 0.3) is 5.91 Å². The van der Waals surface area contributed by atoms with Gasteiger partial charge < -0.3 is 11.1 Å². The molecule has 0 atom stereocenters. The van der Waals surface area contributed by atoms with Gasteiger partial charge in [-0.25, -0.2) is 4.98 Å². The van der Waals surface area contributed by atoms with Crippen molar-refractivity contribution in [2.75, 3.05) is 11.1 Å². The number of rotatable bonds is 2. The highest BCUT2D eigenvalue weighted by Crippen LogP contribution is 2.17. The summed E-state index contributed by atoms with van der Waals surface area (Å²) in [6.07, 6.45) is 0. The zero-order chi connectivity index (χ0) is 13.8. The number of pyridine rings is 1. The van der Waals surface area contributed by atoms with Crippen LogP contribution in [0, 0.1) is 11.3 Å². The Labute approximate surface area is 114 Å². The molecule has 0 spiro atoms. The summed E-state index contributed by atoms with van der Waals surface area (Å²) in [5, 5.41) is 11.5. The third-order valence-corrected chi connectivity index (χ3v) is 2.66. The maximum atomic E-state index is 12.0. The number of nitrogen functional groups attached to an aromatic ring is 1. The first kappa shape index (κ1) is 12.9. The molecule has 0 fully saturated rings. The second kappa shape index (κ2) is 5.38. The molecule has 0 bridgehead atoms. The third-order valence-electron chi connectivity index (χ3n) is 2.35. The molecule has 1 aromatic heterocycles. The first-order valence-corrected chi connectivity index (χ1v) is 5.71. The minimum atomic E-state index is -0.456. The Morgan fingerprint density at radius 1 is 1.26 bits per heavy atom. The van der Waals surface area contributed by atoms with Crippen LogP contribution < -0.4 is 11.1 Å². The Bertz CT molecular complexity index is 661. The van der Waals surface area contributed by atoms with Crippen LogP contribution in [-0.2, 0) is 0 Å². The minimum Gasteiger partial charge on any atom is -0.384 e. The van der Waals surface area contributed by atoms with E-state index in [0.29, 0.717) is 11.3 Å². The molecule has 1 amide bonds. The van der Waals surface area contributed by atoms with E-state index in [-0.39, 0.29) is 16.5 Å².